The van der Waals surface area contributed by atoms with Crippen LogP contribution in [0.1, 0.15) is 185 Å². The zero-order valence-electron chi connectivity index (χ0n) is 45.3. The van der Waals surface area contributed by atoms with Crippen molar-refractivity contribution in [1.29, 1.82) is 0 Å². The van der Waals surface area contributed by atoms with Gasteiger partial charge in [-0.15, -0.1) is 0 Å². The van der Waals surface area contributed by atoms with Crippen LogP contribution in [0.3, 0.4) is 0 Å². The number of aryl methyl sites for hydroxylation is 3. The maximum absolute atomic E-state index is 13.7. The Balaban J connectivity index is 0.00000107. The van der Waals surface area contributed by atoms with Crippen molar-refractivity contribution in [1.82, 2.24) is 20.4 Å². The minimum absolute atomic E-state index is 0.192. The predicted molar refractivity (Wildman–Crippen MR) is 285 cm³/mol. The average Bonchev–Trinajstić information content (AvgIpc) is 3.36. The number of hydrogen-bond acceptors (Lipinski definition) is 8. The Bertz CT molecular complexity index is 2080. The summed E-state index contributed by atoms with van der Waals surface area (Å²) in [6.45, 7) is 25.4. The molecule has 2 aromatic carbocycles. The lowest BCUT2D eigenvalue weighted by Gasteiger charge is -2.33. The largest absolute Gasteiger partial charge is 0.494 e. The molecule has 71 heavy (non-hydrogen) atoms. The van der Waals surface area contributed by atoms with Crippen molar-refractivity contribution < 1.29 is 41.8 Å². The maximum atomic E-state index is 13.7. The van der Waals surface area contributed by atoms with E-state index in [1.54, 1.807) is 6.20 Å². The van der Waals surface area contributed by atoms with E-state index in [-0.39, 0.29) is 24.3 Å². The molecule has 396 valence electrons. The number of carbonyl (C=O) groups excluding carboxylic acids is 4. The average molecular weight is 993 g/mol. The first-order valence-electron chi connectivity index (χ1n) is 26.1. The smallest absolute Gasteiger partial charge is 0.421 e. The quantitative estimate of drug-likeness (QED) is 0.0442. The Morgan fingerprint density at radius 3 is 2.04 bits per heavy atom. The van der Waals surface area contributed by atoms with Gasteiger partial charge in [0, 0.05) is 55.2 Å². The molecule has 2 aromatic heterocycles. The summed E-state index contributed by atoms with van der Waals surface area (Å²) in [7, 11) is 1.44. The van der Waals surface area contributed by atoms with E-state index in [2.05, 4.69) is 36.2 Å². The van der Waals surface area contributed by atoms with Crippen molar-refractivity contribution in [2.24, 2.45) is 11.8 Å². The Hall–Kier alpha value is -5.59. The molecule has 0 aliphatic heterocycles. The van der Waals surface area contributed by atoms with E-state index in [0.29, 0.717) is 36.3 Å². The van der Waals surface area contributed by atoms with Gasteiger partial charge in [0.15, 0.2) is 0 Å². The van der Waals surface area contributed by atoms with Crippen molar-refractivity contribution in [2.75, 3.05) is 13.7 Å². The van der Waals surface area contributed by atoms with Gasteiger partial charge in [0.1, 0.15) is 30.0 Å². The predicted octanol–water partition coefficient (Wildman–Crippen LogP) is 15.4. The molecule has 2 amide bonds. The number of nitrogens with zero attached hydrogens (tertiary/aromatic N) is 3. The van der Waals surface area contributed by atoms with E-state index in [1.165, 1.54) is 58.2 Å². The van der Waals surface area contributed by atoms with Gasteiger partial charge in [-0.05, 0) is 116 Å². The summed E-state index contributed by atoms with van der Waals surface area (Å²) in [5, 5.41) is 1.03. The van der Waals surface area contributed by atoms with Crippen LogP contribution >= 0.6 is 0 Å². The monoisotopic (exact) mass is 993 g/mol. The molecule has 0 unspecified atom stereocenters. The first kappa shape index (κ1) is 65.4. The van der Waals surface area contributed by atoms with Gasteiger partial charge in [-0.25, -0.2) is 4.98 Å². The van der Waals surface area contributed by atoms with E-state index in [9.17, 15) is 32.3 Å². The summed E-state index contributed by atoms with van der Waals surface area (Å²) in [6.07, 6.45) is 16.3. The molecule has 10 nitrogen and oxygen atoms in total. The molecule has 1 N–H and O–H groups in total. The third-order valence-electron chi connectivity index (χ3n) is 11.4. The standard InChI is InChI=1S/C25H25F3N2O.C20H32O2.C7H12N2O3.3C2H6/c1-4-17-11-18(5-6-21(17)22-14-29-8-7-16(22)3)19-12-23(25(26,27)28)24(30-13-19)31-20-9-15(2)10-20;1-4-9-18(10-5-2)11-7-6-8-14-22-20-13-12-19(16-21)17(3)15-20;1-9(6-11)8-7(12)4-2-3-5-10;3*1-2/h5-8,11-15,20H,4,9-10H2,1-3H3;12-13,15-16,18H,4-11,14H2,1-3H3;5-6H,2-4H2,1H3,(H,8,12);3*1-2H3. The number of aromatic nitrogens is 2. The lowest BCUT2D eigenvalue weighted by atomic mass is 9.84. The highest BCUT2D eigenvalue weighted by molar-refractivity contribution is 5.78. The zero-order valence-corrected chi connectivity index (χ0v) is 45.3. The summed E-state index contributed by atoms with van der Waals surface area (Å²) < 4.78 is 52.6. The first-order chi connectivity index (χ1) is 34.2. The number of rotatable bonds is 23. The molecule has 0 radical (unpaired) electrons. The van der Waals surface area contributed by atoms with Crippen molar-refractivity contribution >= 4 is 24.9 Å². The minimum Gasteiger partial charge on any atom is -0.494 e. The fourth-order valence-corrected chi connectivity index (χ4v) is 7.71. The molecule has 1 saturated carbocycles. The van der Waals surface area contributed by atoms with Crippen molar-refractivity contribution in [2.45, 2.75) is 185 Å². The number of hydrogen-bond donors (Lipinski definition) is 1. The van der Waals surface area contributed by atoms with Crippen molar-refractivity contribution in [3.63, 3.8) is 0 Å². The second-order valence-electron chi connectivity index (χ2n) is 16.9. The van der Waals surface area contributed by atoms with Crippen molar-refractivity contribution in [3.05, 3.63) is 94.9 Å². The highest BCUT2D eigenvalue weighted by Crippen LogP contribution is 2.40. The summed E-state index contributed by atoms with van der Waals surface area (Å²) in [5.74, 6) is 1.69. The van der Waals surface area contributed by atoms with Gasteiger partial charge < -0.3 is 14.3 Å². The lowest BCUT2D eigenvalue weighted by Crippen LogP contribution is -2.37. The van der Waals surface area contributed by atoms with Gasteiger partial charge in [0.25, 0.3) is 0 Å². The highest BCUT2D eigenvalue weighted by atomic mass is 19.4. The van der Waals surface area contributed by atoms with E-state index in [1.807, 2.05) is 111 Å². The summed E-state index contributed by atoms with van der Waals surface area (Å²) >= 11 is 0. The molecule has 4 aromatic rings. The molecule has 1 fully saturated rings. The third-order valence-corrected chi connectivity index (χ3v) is 11.4. The Morgan fingerprint density at radius 1 is 0.817 bits per heavy atom. The van der Waals surface area contributed by atoms with E-state index in [4.69, 9.17) is 9.47 Å². The van der Waals surface area contributed by atoms with Crippen LogP contribution in [-0.2, 0) is 27.0 Å². The van der Waals surface area contributed by atoms with Crippen LogP contribution in [0.4, 0.5) is 13.2 Å². The molecular formula is C58H87F3N4O6. The van der Waals surface area contributed by atoms with Crippen LogP contribution in [0.15, 0.2) is 67.1 Å². The number of carbonyl (C=O) groups is 4. The fraction of sp³-hybridized carbons (Fsp3) is 0.552. The SMILES string of the molecule is CC.CC.CC.CCCC(CCC)CCCCCOc1ccc(C=O)c(C)c1.CCc1cc(-c2cnc(OC3CC(C)C3)c(C(F)(F)F)c2)ccc1-c1cnccc1C.CN(C=O)NC(=O)CCCC=O. The number of ether oxygens (including phenoxy) is 2. The molecule has 0 spiro atoms. The Labute approximate surface area is 425 Å². The van der Waals surface area contributed by atoms with Crippen LogP contribution in [0, 0.1) is 25.7 Å². The number of halogens is 3. The Morgan fingerprint density at radius 2 is 1.49 bits per heavy atom. The third kappa shape index (κ3) is 24.9. The van der Waals surface area contributed by atoms with Gasteiger partial charge in [0.05, 0.1) is 6.61 Å². The number of unbranched alkanes of at least 4 members (excludes halogenated alkanes) is 3. The summed E-state index contributed by atoms with van der Waals surface area (Å²) in [5.41, 5.74) is 8.53. The maximum Gasteiger partial charge on any atom is 0.421 e. The number of aldehydes is 2. The van der Waals surface area contributed by atoms with Gasteiger partial charge >= 0.3 is 6.18 Å². The van der Waals surface area contributed by atoms with Crippen LogP contribution < -0.4 is 14.9 Å². The van der Waals surface area contributed by atoms with E-state index in [0.717, 1.165) is 101 Å². The molecule has 0 bridgehead atoms. The Kier molecular flexibility index (Phi) is 35.1. The van der Waals surface area contributed by atoms with Gasteiger partial charge in [-0.1, -0.05) is 132 Å². The van der Waals surface area contributed by atoms with Gasteiger partial charge in [-0.3, -0.25) is 29.8 Å². The normalized spacial score (nSPS) is 13.2. The fourth-order valence-electron chi connectivity index (χ4n) is 7.71. The van der Waals surface area contributed by atoms with Crippen LogP contribution in [0.5, 0.6) is 11.6 Å². The second kappa shape index (κ2) is 38.1. The molecule has 5 rings (SSSR count). The highest BCUT2D eigenvalue weighted by Gasteiger charge is 2.38. The molecule has 13 heteroatoms. The summed E-state index contributed by atoms with van der Waals surface area (Å²) in [4.78, 5) is 49.8. The molecule has 1 aliphatic carbocycles. The van der Waals surface area contributed by atoms with Crippen LogP contribution in [0.25, 0.3) is 22.3 Å². The van der Waals surface area contributed by atoms with E-state index >= 15 is 0 Å². The number of alkyl halides is 3. The first-order valence-corrected chi connectivity index (χ1v) is 26.1. The minimum atomic E-state index is -4.53. The van der Waals surface area contributed by atoms with Crippen LogP contribution in [0.2, 0.25) is 0 Å². The molecule has 2 heterocycles. The second-order valence-corrected chi connectivity index (χ2v) is 16.9. The number of benzene rings is 2. The molecule has 0 saturated heterocycles. The lowest BCUT2D eigenvalue weighted by molar-refractivity contribution is -0.140. The van der Waals surface area contributed by atoms with Gasteiger partial charge in [-0.2, -0.15) is 13.2 Å². The molecule has 1 aliphatic rings. The zero-order chi connectivity index (χ0) is 53.8. The summed E-state index contributed by atoms with van der Waals surface area (Å²) in [6, 6.07) is 14.5. The molecular weight excluding hydrogens is 906 g/mol. The number of pyridine rings is 2. The topological polar surface area (TPSA) is 128 Å². The molecule has 0 atom stereocenters. The number of hydrazine groups is 1. The van der Waals surface area contributed by atoms with E-state index < -0.39 is 11.7 Å². The van der Waals surface area contributed by atoms with Crippen molar-refractivity contribution in [3.8, 4) is 33.9 Å². The number of amides is 2. The van der Waals surface area contributed by atoms with Crippen LogP contribution in [-0.4, -0.2) is 59.6 Å². The van der Waals surface area contributed by atoms with Gasteiger partial charge in [0.2, 0.25) is 18.2 Å². The number of nitrogens with one attached hydrogen (secondary N) is 1.